The zero-order chi connectivity index (χ0) is 19.4. The summed E-state index contributed by atoms with van der Waals surface area (Å²) in [6.45, 7) is 3.59. The van der Waals surface area contributed by atoms with Crippen molar-refractivity contribution in [2.75, 3.05) is 26.2 Å². The summed E-state index contributed by atoms with van der Waals surface area (Å²) in [5, 5.41) is 0. The smallest absolute Gasteiger partial charge is 0.341 e. The lowest BCUT2D eigenvalue weighted by molar-refractivity contribution is -0.137. The molecule has 0 radical (unpaired) electrons. The predicted molar refractivity (Wildman–Crippen MR) is 112 cm³/mol. The molecule has 1 saturated heterocycles. The number of carbonyl (C=O) groups excluding carboxylic acids is 1. The fourth-order valence-corrected chi connectivity index (χ4v) is 4.11. The third kappa shape index (κ3) is 7.31. The molecule has 1 aliphatic heterocycles. The largest absolute Gasteiger partial charge is 0.416 e. The summed E-state index contributed by atoms with van der Waals surface area (Å²) in [5.74, 6) is 0.498. The number of nitrogens with two attached hydrogens (primary N) is 1. The minimum Gasteiger partial charge on any atom is -0.341 e. The van der Waals surface area contributed by atoms with Crippen LogP contribution in [0.3, 0.4) is 0 Å². The first kappa shape index (κ1) is 26.0. The van der Waals surface area contributed by atoms with Crippen molar-refractivity contribution in [3.05, 3.63) is 35.4 Å². The molecule has 2 fully saturated rings. The quantitative estimate of drug-likeness (QED) is 0.743. The Morgan fingerprint density at radius 1 is 1.00 bits per heavy atom. The summed E-state index contributed by atoms with van der Waals surface area (Å²) in [4.78, 5) is 16.7. The molecule has 1 aromatic carbocycles. The molecule has 1 saturated carbocycles. The number of benzene rings is 1. The molecule has 2 atom stereocenters. The third-order valence-electron chi connectivity index (χ3n) is 5.78. The molecule has 1 heterocycles. The SMILES string of the molecule is Cl.Cl.N[C@@H]1CCC[C@H]1CC(=O)N1CCCN(Cc2ccc(C(F)(F)F)cc2)CC1. The monoisotopic (exact) mass is 455 g/mol. The first-order valence-electron chi connectivity index (χ1n) is 9.75. The second kappa shape index (κ2) is 11.4. The molecule has 1 amide bonds. The first-order chi connectivity index (χ1) is 12.8. The van der Waals surface area contributed by atoms with Crippen LogP contribution in [0.25, 0.3) is 0 Å². The van der Waals surface area contributed by atoms with Gasteiger partial charge in [-0.05, 0) is 42.9 Å². The topological polar surface area (TPSA) is 49.6 Å². The maximum absolute atomic E-state index is 12.7. The van der Waals surface area contributed by atoms with Crippen LogP contribution in [0.2, 0.25) is 0 Å². The molecule has 4 nitrogen and oxygen atoms in total. The average Bonchev–Trinajstić information content (AvgIpc) is 2.88. The summed E-state index contributed by atoms with van der Waals surface area (Å²) >= 11 is 0. The number of hydrogen-bond acceptors (Lipinski definition) is 3. The molecular weight excluding hydrogens is 426 g/mol. The highest BCUT2D eigenvalue weighted by atomic mass is 35.5. The number of carbonyl (C=O) groups is 1. The summed E-state index contributed by atoms with van der Waals surface area (Å²) in [5.41, 5.74) is 6.32. The zero-order valence-corrected chi connectivity index (χ0v) is 18.0. The number of hydrogen-bond donors (Lipinski definition) is 1. The minimum absolute atomic E-state index is 0. The van der Waals surface area contributed by atoms with Crippen LogP contribution in [0.5, 0.6) is 0 Å². The van der Waals surface area contributed by atoms with Crippen LogP contribution >= 0.6 is 24.8 Å². The van der Waals surface area contributed by atoms with Gasteiger partial charge in [0, 0.05) is 45.2 Å². The molecule has 0 unspecified atom stereocenters. The van der Waals surface area contributed by atoms with Crippen molar-refractivity contribution in [1.82, 2.24) is 9.80 Å². The molecule has 0 spiro atoms. The van der Waals surface area contributed by atoms with Crippen molar-refractivity contribution in [1.29, 1.82) is 0 Å². The molecule has 1 aliphatic carbocycles. The predicted octanol–water partition coefficient (Wildman–Crippen LogP) is 4.10. The van der Waals surface area contributed by atoms with Crippen molar-refractivity contribution in [2.45, 2.75) is 50.9 Å². The molecule has 0 bridgehead atoms. The summed E-state index contributed by atoms with van der Waals surface area (Å²) in [6, 6.07) is 5.50. The molecule has 2 N–H and O–H groups in total. The van der Waals surface area contributed by atoms with E-state index in [-0.39, 0.29) is 36.8 Å². The van der Waals surface area contributed by atoms with Gasteiger partial charge in [0.25, 0.3) is 0 Å². The Labute approximate surface area is 182 Å². The van der Waals surface area contributed by atoms with E-state index >= 15 is 0 Å². The van der Waals surface area contributed by atoms with Crippen molar-refractivity contribution >= 4 is 30.7 Å². The average molecular weight is 456 g/mol. The standard InChI is InChI=1S/C20H28F3N3O.2ClH/c21-20(22,23)17-7-5-15(6-8-17)14-25-9-2-10-26(12-11-25)19(27)13-16-3-1-4-18(16)24;;/h5-8,16,18H,1-4,9-14,24H2;2*1H/t16-,18+;;/m0../s1. The molecule has 9 heteroatoms. The fourth-order valence-electron chi connectivity index (χ4n) is 4.11. The number of alkyl halides is 3. The van der Waals surface area contributed by atoms with E-state index in [1.807, 2.05) is 4.90 Å². The molecule has 3 rings (SSSR count). The normalized spacial score (nSPS) is 23.1. The Hall–Kier alpha value is -1.02. The second-order valence-corrected chi connectivity index (χ2v) is 7.76. The van der Waals surface area contributed by atoms with Gasteiger partial charge in [-0.3, -0.25) is 9.69 Å². The number of halogens is 5. The fraction of sp³-hybridized carbons (Fsp3) is 0.650. The van der Waals surface area contributed by atoms with Crippen molar-refractivity contribution in [3.63, 3.8) is 0 Å². The van der Waals surface area contributed by atoms with Crippen LogP contribution in [0.1, 0.15) is 43.2 Å². The van der Waals surface area contributed by atoms with E-state index in [0.717, 1.165) is 63.0 Å². The van der Waals surface area contributed by atoms with E-state index in [1.54, 1.807) is 0 Å². The van der Waals surface area contributed by atoms with Gasteiger partial charge in [-0.25, -0.2) is 0 Å². The Balaban J connectivity index is 0.00000210. The van der Waals surface area contributed by atoms with Gasteiger partial charge in [-0.2, -0.15) is 13.2 Å². The van der Waals surface area contributed by atoms with Gasteiger partial charge < -0.3 is 10.6 Å². The molecule has 1 aromatic rings. The molecule has 0 aromatic heterocycles. The van der Waals surface area contributed by atoms with Crippen molar-refractivity contribution in [2.24, 2.45) is 11.7 Å². The molecule has 29 heavy (non-hydrogen) atoms. The van der Waals surface area contributed by atoms with Gasteiger partial charge in [0.2, 0.25) is 5.91 Å². The van der Waals surface area contributed by atoms with Gasteiger partial charge in [0.15, 0.2) is 0 Å². The Bertz CT molecular complexity index is 643. The van der Waals surface area contributed by atoms with E-state index in [4.69, 9.17) is 5.73 Å². The maximum Gasteiger partial charge on any atom is 0.416 e. The van der Waals surface area contributed by atoms with E-state index in [9.17, 15) is 18.0 Å². The van der Waals surface area contributed by atoms with Gasteiger partial charge in [-0.1, -0.05) is 18.6 Å². The highest BCUT2D eigenvalue weighted by Gasteiger charge is 2.30. The van der Waals surface area contributed by atoms with Gasteiger partial charge in [-0.15, -0.1) is 24.8 Å². The molecular formula is C20H30Cl2F3N3O. The van der Waals surface area contributed by atoms with Crippen LogP contribution in [-0.2, 0) is 17.5 Å². The highest BCUT2D eigenvalue weighted by molar-refractivity contribution is 5.85. The lowest BCUT2D eigenvalue weighted by Crippen LogP contribution is -2.37. The summed E-state index contributed by atoms with van der Waals surface area (Å²) in [6.07, 6.45) is 0.284. The van der Waals surface area contributed by atoms with Gasteiger partial charge in [0.05, 0.1) is 5.56 Å². The van der Waals surface area contributed by atoms with Crippen LogP contribution in [-0.4, -0.2) is 47.9 Å². The van der Waals surface area contributed by atoms with Crippen LogP contribution in [0.15, 0.2) is 24.3 Å². The number of rotatable bonds is 4. The van der Waals surface area contributed by atoms with Crippen molar-refractivity contribution < 1.29 is 18.0 Å². The number of nitrogens with zero attached hydrogens (tertiary/aromatic N) is 2. The molecule has 166 valence electrons. The lowest BCUT2D eigenvalue weighted by Gasteiger charge is -2.24. The second-order valence-electron chi connectivity index (χ2n) is 7.76. The van der Waals surface area contributed by atoms with Crippen LogP contribution in [0, 0.1) is 5.92 Å². The van der Waals surface area contributed by atoms with E-state index in [1.165, 1.54) is 12.1 Å². The van der Waals surface area contributed by atoms with E-state index < -0.39 is 11.7 Å². The lowest BCUT2D eigenvalue weighted by atomic mass is 9.99. The number of amides is 1. The third-order valence-corrected chi connectivity index (χ3v) is 5.78. The van der Waals surface area contributed by atoms with E-state index in [2.05, 4.69) is 4.90 Å². The first-order valence-corrected chi connectivity index (χ1v) is 9.75. The minimum atomic E-state index is -4.30. The van der Waals surface area contributed by atoms with Crippen LogP contribution < -0.4 is 5.73 Å². The summed E-state index contributed by atoms with van der Waals surface area (Å²) in [7, 11) is 0. The van der Waals surface area contributed by atoms with Crippen molar-refractivity contribution in [3.8, 4) is 0 Å². The molecule has 2 aliphatic rings. The Kier molecular flexibility index (Phi) is 10.2. The summed E-state index contributed by atoms with van der Waals surface area (Å²) < 4.78 is 38.0. The van der Waals surface area contributed by atoms with Crippen LogP contribution in [0.4, 0.5) is 13.2 Å². The van der Waals surface area contributed by atoms with Gasteiger partial charge in [0.1, 0.15) is 0 Å². The Morgan fingerprint density at radius 2 is 1.69 bits per heavy atom. The van der Waals surface area contributed by atoms with E-state index in [0.29, 0.717) is 25.4 Å². The Morgan fingerprint density at radius 3 is 2.28 bits per heavy atom. The zero-order valence-electron chi connectivity index (χ0n) is 16.4. The van der Waals surface area contributed by atoms with Gasteiger partial charge >= 0.3 is 6.18 Å². The maximum atomic E-state index is 12.7. The highest BCUT2D eigenvalue weighted by Crippen LogP contribution is 2.29.